The van der Waals surface area contributed by atoms with Crippen LogP contribution in [0.4, 0.5) is 11.4 Å². The van der Waals surface area contributed by atoms with Gasteiger partial charge in [-0.15, -0.1) is 0 Å². The number of anilines is 2. The Kier molecular flexibility index (Phi) is 5.34. The van der Waals surface area contributed by atoms with Gasteiger partial charge in [-0.25, -0.2) is 0 Å². The lowest BCUT2D eigenvalue weighted by Gasteiger charge is -2.10. The second-order valence-electron chi connectivity index (χ2n) is 4.83. The van der Waals surface area contributed by atoms with Crippen LogP contribution >= 0.6 is 11.6 Å². The van der Waals surface area contributed by atoms with Crippen LogP contribution in [-0.4, -0.2) is 11.8 Å². The van der Waals surface area contributed by atoms with Crippen molar-refractivity contribution in [2.24, 2.45) is 0 Å². The van der Waals surface area contributed by atoms with Crippen molar-refractivity contribution in [3.8, 4) is 6.07 Å². The Bertz CT molecular complexity index is 779. The summed E-state index contributed by atoms with van der Waals surface area (Å²) >= 11 is 6.02. The van der Waals surface area contributed by atoms with E-state index in [9.17, 15) is 9.59 Å². The van der Waals surface area contributed by atoms with Crippen molar-refractivity contribution in [3.05, 3.63) is 58.6 Å². The molecule has 0 atom stereocenters. The fourth-order valence-corrected chi connectivity index (χ4v) is 2.09. The van der Waals surface area contributed by atoms with Gasteiger partial charge in [0.25, 0.3) is 5.91 Å². The van der Waals surface area contributed by atoms with Crippen molar-refractivity contribution >= 4 is 34.8 Å². The summed E-state index contributed by atoms with van der Waals surface area (Å²) in [5.74, 6) is -0.662. The van der Waals surface area contributed by atoms with Gasteiger partial charge in [0, 0.05) is 22.0 Å². The van der Waals surface area contributed by atoms with E-state index in [4.69, 9.17) is 16.9 Å². The molecule has 0 bridgehead atoms. The molecule has 0 aliphatic rings. The quantitative estimate of drug-likeness (QED) is 0.897. The maximum Gasteiger partial charge on any atom is 0.255 e. The van der Waals surface area contributed by atoms with E-state index in [-0.39, 0.29) is 18.2 Å². The molecule has 0 saturated heterocycles. The van der Waals surface area contributed by atoms with E-state index < -0.39 is 0 Å². The topological polar surface area (TPSA) is 82.0 Å². The number of carbonyl (C=O) groups excluding carboxylic acids is 2. The van der Waals surface area contributed by atoms with Gasteiger partial charge in [0.05, 0.1) is 6.07 Å². The van der Waals surface area contributed by atoms with Gasteiger partial charge in [-0.1, -0.05) is 17.7 Å². The highest BCUT2D eigenvalue weighted by Crippen LogP contribution is 2.23. The highest BCUT2D eigenvalue weighted by atomic mass is 35.5. The fraction of sp³-hybridized carbons (Fsp3) is 0.118. The molecule has 2 amide bonds. The summed E-state index contributed by atoms with van der Waals surface area (Å²) in [5, 5.41) is 14.4. The molecule has 0 radical (unpaired) electrons. The lowest BCUT2D eigenvalue weighted by molar-refractivity contribution is -0.115. The van der Waals surface area contributed by atoms with Crippen molar-refractivity contribution < 1.29 is 9.59 Å². The summed E-state index contributed by atoms with van der Waals surface area (Å²) in [6, 6.07) is 13.5. The van der Waals surface area contributed by atoms with Crippen LogP contribution < -0.4 is 10.6 Å². The van der Waals surface area contributed by atoms with Gasteiger partial charge in [0.15, 0.2) is 0 Å². The number of halogens is 1. The molecule has 2 rings (SSSR count). The van der Waals surface area contributed by atoms with Crippen LogP contribution in [0.3, 0.4) is 0 Å². The van der Waals surface area contributed by atoms with Gasteiger partial charge in [0.2, 0.25) is 5.91 Å². The van der Waals surface area contributed by atoms with Crippen LogP contribution in [0.15, 0.2) is 42.5 Å². The van der Waals surface area contributed by atoms with Gasteiger partial charge in [-0.3, -0.25) is 9.59 Å². The number of amides is 2. The minimum absolute atomic E-state index is 0.212. The van der Waals surface area contributed by atoms with E-state index in [2.05, 4.69) is 10.6 Å². The van der Waals surface area contributed by atoms with Crippen molar-refractivity contribution in [1.82, 2.24) is 0 Å². The summed E-state index contributed by atoms with van der Waals surface area (Å²) < 4.78 is 0. The number of nitrogens with one attached hydrogen (secondary N) is 2. The first-order valence-electron chi connectivity index (χ1n) is 6.84. The largest absolute Gasteiger partial charge is 0.325 e. The third kappa shape index (κ3) is 4.31. The first kappa shape index (κ1) is 16.5. The number of hydrogen-bond donors (Lipinski definition) is 2. The van der Waals surface area contributed by atoms with Crippen LogP contribution in [0, 0.1) is 18.3 Å². The van der Waals surface area contributed by atoms with E-state index in [1.807, 2.05) is 6.92 Å². The van der Waals surface area contributed by atoms with Crippen LogP contribution in [0.2, 0.25) is 5.02 Å². The van der Waals surface area contributed by atoms with E-state index in [0.717, 1.165) is 5.56 Å². The average Bonchev–Trinajstić information content (AvgIpc) is 2.52. The molecule has 2 N–H and O–H groups in total. The average molecular weight is 328 g/mol. The maximum absolute atomic E-state index is 12.2. The smallest absolute Gasteiger partial charge is 0.255 e. The Morgan fingerprint density at radius 2 is 1.83 bits per heavy atom. The summed E-state index contributed by atoms with van der Waals surface area (Å²) in [5.41, 5.74) is 2.42. The van der Waals surface area contributed by atoms with Crippen LogP contribution in [-0.2, 0) is 4.79 Å². The lowest BCUT2D eigenvalue weighted by atomic mass is 10.1. The molecule has 0 unspecified atom stereocenters. The minimum atomic E-state index is -0.390. The Labute approximate surface area is 138 Å². The summed E-state index contributed by atoms with van der Waals surface area (Å²) in [7, 11) is 0. The Morgan fingerprint density at radius 3 is 2.48 bits per heavy atom. The second-order valence-corrected chi connectivity index (χ2v) is 5.23. The number of carbonyl (C=O) groups is 2. The van der Waals surface area contributed by atoms with Crippen molar-refractivity contribution in [3.63, 3.8) is 0 Å². The zero-order valence-corrected chi connectivity index (χ0v) is 13.1. The third-order valence-corrected chi connectivity index (χ3v) is 3.60. The molecule has 0 heterocycles. The van der Waals surface area contributed by atoms with Gasteiger partial charge in [-0.05, 0) is 48.9 Å². The van der Waals surface area contributed by atoms with E-state index in [1.165, 1.54) is 0 Å². The third-order valence-electron chi connectivity index (χ3n) is 3.19. The Balaban J connectivity index is 2.07. The second kappa shape index (κ2) is 7.43. The molecule has 116 valence electrons. The van der Waals surface area contributed by atoms with E-state index >= 15 is 0 Å². The van der Waals surface area contributed by atoms with Crippen LogP contribution in [0.25, 0.3) is 0 Å². The molecule has 5 nitrogen and oxygen atoms in total. The maximum atomic E-state index is 12.2. The highest BCUT2D eigenvalue weighted by molar-refractivity contribution is 6.31. The zero-order chi connectivity index (χ0) is 16.8. The monoisotopic (exact) mass is 327 g/mol. The lowest BCUT2D eigenvalue weighted by Crippen LogP contribution is -2.13. The van der Waals surface area contributed by atoms with Gasteiger partial charge in [-0.2, -0.15) is 5.26 Å². The SMILES string of the molecule is Cc1c(Cl)cccc1NC(=O)c1ccc(NC(=O)CC#N)cc1. The number of rotatable bonds is 4. The molecule has 0 aliphatic heterocycles. The van der Waals surface area contributed by atoms with Crippen LogP contribution in [0.1, 0.15) is 22.3 Å². The van der Waals surface area contributed by atoms with E-state index in [1.54, 1.807) is 48.5 Å². The standard InChI is InChI=1S/C17H14ClN3O2/c1-11-14(18)3-2-4-15(11)21-17(23)12-5-7-13(8-6-12)20-16(22)9-10-19/h2-8H,9H2,1H3,(H,20,22)(H,21,23). The predicted molar refractivity (Wildman–Crippen MR) is 89.4 cm³/mol. The summed E-state index contributed by atoms with van der Waals surface area (Å²) in [6.45, 7) is 1.83. The number of nitriles is 1. The zero-order valence-electron chi connectivity index (χ0n) is 12.4. The van der Waals surface area contributed by atoms with Gasteiger partial charge in [0.1, 0.15) is 6.42 Å². The highest BCUT2D eigenvalue weighted by Gasteiger charge is 2.09. The molecular weight excluding hydrogens is 314 g/mol. The molecule has 0 aliphatic carbocycles. The minimum Gasteiger partial charge on any atom is -0.325 e. The summed E-state index contributed by atoms with van der Waals surface area (Å²) in [4.78, 5) is 23.5. The number of nitrogens with zero attached hydrogens (tertiary/aromatic N) is 1. The molecule has 0 saturated carbocycles. The Hall–Kier alpha value is -2.84. The van der Waals surface area contributed by atoms with Gasteiger partial charge >= 0.3 is 0 Å². The van der Waals surface area contributed by atoms with Crippen molar-refractivity contribution in [2.45, 2.75) is 13.3 Å². The van der Waals surface area contributed by atoms with Crippen molar-refractivity contribution in [2.75, 3.05) is 10.6 Å². The normalized spacial score (nSPS) is 9.78. The molecule has 6 heteroatoms. The molecule has 2 aromatic carbocycles. The molecule has 23 heavy (non-hydrogen) atoms. The summed E-state index contributed by atoms with van der Waals surface area (Å²) in [6.07, 6.45) is -0.212. The number of benzene rings is 2. The van der Waals surface area contributed by atoms with Crippen molar-refractivity contribution in [1.29, 1.82) is 5.26 Å². The molecule has 0 spiro atoms. The molecule has 0 fully saturated rings. The molecular formula is C17H14ClN3O2. The number of hydrogen-bond acceptors (Lipinski definition) is 3. The first-order chi connectivity index (χ1) is 11.0. The predicted octanol–water partition coefficient (Wildman–Crippen LogP) is 3.75. The molecule has 2 aromatic rings. The Morgan fingerprint density at radius 1 is 1.13 bits per heavy atom. The molecule has 0 aromatic heterocycles. The fourth-order valence-electron chi connectivity index (χ4n) is 1.92. The van der Waals surface area contributed by atoms with Gasteiger partial charge < -0.3 is 10.6 Å². The van der Waals surface area contributed by atoms with E-state index in [0.29, 0.717) is 22.0 Å². The van der Waals surface area contributed by atoms with Crippen LogP contribution in [0.5, 0.6) is 0 Å². The first-order valence-corrected chi connectivity index (χ1v) is 7.22.